The van der Waals surface area contributed by atoms with Crippen molar-refractivity contribution < 1.29 is 4.79 Å². The Morgan fingerprint density at radius 2 is 1.80 bits per heavy atom. The topological polar surface area (TPSA) is 54.9 Å². The van der Waals surface area contributed by atoms with Gasteiger partial charge in [0.05, 0.1) is 10.6 Å². The molecule has 0 aliphatic heterocycles. The summed E-state index contributed by atoms with van der Waals surface area (Å²) < 4.78 is 0. The molecule has 0 radical (unpaired) electrons. The van der Waals surface area contributed by atoms with Crippen LogP contribution < -0.4 is 5.32 Å². The summed E-state index contributed by atoms with van der Waals surface area (Å²) in [5.74, 6) is -0.114. The summed E-state index contributed by atoms with van der Waals surface area (Å²) in [5.41, 5.74) is 4.34. The fourth-order valence-electron chi connectivity index (χ4n) is 2.63. The van der Waals surface area contributed by atoms with Gasteiger partial charge in [-0.25, -0.2) is 4.98 Å². The number of carbonyl (C=O) groups is 1. The number of unbranched alkanes of at least 4 members (excludes halogenated alkanes) is 1. The Bertz CT molecular complexity index is 841. The molecule has 0 aliphatic rings. The predicted molar refractivity (Wildman–Crippen MR) is 104 cm³/mol. The lowest BCUT2D eigenvalue weighted by Gasteiger charge is -2.04. The molecular weight excluding hydrogens is 330 g/mol. The van der Waals surface area contributed by atoms with Gasteiger partial charge in [-0.05, 0) is 36.1 Å². The Morgan fingerprint density at radius 3 is 2.44 bits per heavy atom. The zero-order valence-electron chi connectivity index (χ0n) is 14.5. The number of nitrogens with zero attached hydrogens (tertiary/aromatic N) is 2. The molecule has 5 heteroatoms. The van der Waals surface area contributed by atoms with Gasteiger partial charge in [-0.15, -0.1) is 0 Å². The highest BCUT2D eigenvalue weighted by atomic mass is 32.1. The van der Waals surface area contributed by atoms with Crippen molar-refractivity contribution in [3.8, 4) is 21.7 Å². The molecule has 2 heterocycles. The van der Waals surface area contributed by atoms with Crippen LogP contribution in [-0.2, 0) is 11.2 Å². The third-order valence-electron chi connectivity index (χ3n) is 3.90. The molecule has 128 valence electrons. The van der Waals surface area contributed by atoms with E-state index in [-0.39, 0.29) is 5.91 Å². The van der Waals surface area contributed by atoms with Crippen molar-refractivity contribution in [1.29, 1.82) is 0 Å². The Hall–Kier alpha value is -2.53. The zero-order chi connectivity index (χ0) is 17.6. The summed E-state index contributed by atoms with van der Waals surface area (Å²) >= 11 is 1.48. The third-order valence-corrected chi connectivity index (χ3v) is 4.92. The first-order valence-corrected chi connectivity index (χ1v) is 9.27. The zero-order valence-corrected chi connectivity index (χ0v) is 15.3. The van der Waals surface area contributed by atoms with Crippen molar-refractivity contribution in [2.75, 3.05) is 5.32 Å². The van der Waals surface area contributed by atoms with Gasteiger partial charge in [0.25, 0.3) is 0 Å². The maximum absolute atomic E-state index is 11.4. The predicted octanol–water partition coefficient (Wildman–Crippen LogP) is 5.17. The molecule has 0 unspecified atom stereocenters. The number of thiazole rings is 1. The standard InChI is InChI=1S/C20H21N3OS/c1-3-4-5-15-6-8-16(9-7-15)18-19(17-10-12-21-13-11-17)25-20(23-18)22-14(2)24/h6-13H,3-5H2,1-2H3,(H,22,23,24). The maximum Gasteiger partial charge on any atom is 0.223 e. The van der Waals surface area contributed by atoms with E-state index in [9.17, 15) is 4.79 Å². The number of benzene rings is 1. The van der Waals surface area contributed by atoms with Crippen molar-refractivity contribution in [3.05, 3.63) is 54.4 Å². The fourth-order valence-corrected chi connectivity index (χ4v) is 3.67. The van der Waals surface area contributed by atoms with Crippen molar-refractivity contribution >= 4 is 22.4 Å². The van der Waals surface area contributed by atoms with E-state index in [1.807, 2.05) is 12.1 Å². The van der Waals surface area contributed by atoms with E-state index in [1.165, 1.54) is 36.7 Å². The van der Waals surface area contributed by atoms with Crippen LogP contribution in [-0.4, -0.2) is 15.9 Å². The second-order valence-electron chi connectivity index (χ2n) is 5.91. The van der Waals surface area contributed by atoms with Crippen molar-refractivity contribution in [2.45, 2.75) is 33.1 Å². The summed E-state index contributed by atoms with van der Waals surface area (Å²) in [5, 5.41) is 3.41. The minimum Gasteiger partial charge on any atom is -0.302 e. The molecular formula is C20H21N3OS. The highest BCUT2D eigenvalue weighted by molar-refractivity contribution is 7.19. The third kappa shape index (κ3) is 4.31. The highest BCUT2D eigenvalue weighted by Gasteiger charge is 2.15. The van der Waals surface area contributed by atoms with Crippen LogP contribution in [0.4, 0.5) is 5.13 Å². The average molecular weight is 351 g/mol. The Labute approximate surface area is 152 Å². The largest absolute Gasteiger partial charge is 0.302 e. The maximum atomic E-state index is 11.4. The molecule has 0 bridgehead atoms. The first kappa shape index (κ1) is 17.3. The van der Waals surface area contributed by atoms with Gasteiger partial charge in [-0.1, -0.05) is 48.9 Å². The molecule has 1 amide bonds. The van der Waals surface area contributed by atoms with E-state index in [0.717, 1.165) is 28.1 Å². The van der Waals surface area contributed by atoms with Crippen LogP contribution in [0.2, 0.25) is 0 Å². The number of hydrogen-bond acceptors (Lipinski definition) is 4. The summed E-state index contributed by atoms with van der Waals surface area (Å²) in [6, 6.07) is 12.5. The molecule has 0 fully saturated rings. The lowest BCUT2D eigenvalue weighted by molar-refractivity contribution is -0.114. The van der Waals surface area contributed by atoms with Crippen LogP contribution in [0.5, 0.6) is 0 Å². The van der Waals surface area contributed by atoms with Gasteiger partial charge in [-0.2, -0.15) is 0 Å². The van der Waals surface area contributed by atoms with E-state index in [4.69, 9.17) is 0 Å². The Kier molecular flexibility index (Phi) is 5.56. The first-order valence-electron chi connectivity index (χ1n) is 8.45. The van der Waals surface area contributed by atoms with E-state index in [1.54, 1.807) is 12.4 Å². The van der Waals surface area contributed by atoms with Crippen LogP contribution in [0.1, 0.15) is 32.3 Å². The number of aromatic nitrogens is 2. The van der Waals surface area contributed by atoms with E-state index in [0.29, 0.717) is 5.13 Å². The molecule has 0 saturated heterocycles. The van der Waals surface area contributed by atoms with Crippen LogP contribution in [0.3, 0.4) is 0 Å². The number of hydrogen-bond donors (Lipinski definition) is 1. The smallest absolute Gasteiger partial charge is 0.223 e. The summed E-state index contributed by atoms with van der Waals surface area (Å²) in [4.78, 5) is 21.2. The van der Waals surface area contributed by atoms with Crippen molar-refractivity contribution in [2.24, 2.45) is 0 Å². The van der Waals surface area contributed by atoms with Gasteiger partial charge < -0.3 is 5.32 Å². The monoisotopic (exact) mass is 351 g/mol. The van der Waals surface area contributed by atoms with E-state index >= 15 is 0 Å². The van der Waals surface area contributed by atoms with E-state index < -0.39 is 0 Å². The van der Waals surface area contributed by atoms with Gasteiger partial charge >= 0.3 is 0 Å². The molecule has 25 heavy (non-hydrogen) atoms. The number of rotatable bonds is 6. The summed E-state index contributed by atoms with van der Waals surface area (Å²) in [6.45, 7) is 3.70. The molecule has 0 aliphatic carbocycles. The molecule has 3 aromatic rings. The van der Waals surface area contributed by atoms with E-state index in [2.05, 4.69) is 46.5 Å². The van der Waals surface area contributed by atoms with Crippen LogP contribution >= 0.6 is 11.3 Å². The minimum absolute atomic E-state index is 0.114. The SMILES string of the molecule is CCCCc1ccc(-c2nc(NC(C)=O)sc2-c2ccncc2)cc1. The number of nitrogens with one attached hydrogen (secondary N) is 1. The lowest BCUT2D eigenvalue weighted by Crippen LogP contribution is -2.04. The average Bonchev–Trinajstić information content (AvgIpc) is 3.04. The second-order valence-corrected chi connectivity index (χ2v) is 6.91. The summed E-state index contributed by atoms with van der Waals surface area (Å²) in [7, 11) is 0. The van der Waals surface area contributed by atoms with Crippen LogP contribution in [0, 0.1) is 0 Å². The molecule has 0 spiro atoms. The molecule has 4 nitrogen and oxygen atoms in total. The number of aryl methyl sites for hydroxylation is 1. The fraction of sp³-hybridized carbons (Fsp3) is 0.250. The van der Waals surface area contributed by atoms with Gasteiger partial charge in [0.2, 0.25) is 5.91 Å². The second kappa shape index (κ2) is 8.03. The highest BCUT2D eigenvalue weighted by Crippen LogP contribution is 2.38. The number of carbonyl (C=O) groups excluding carboxylic acids is 1. The quantitative estimate of drug-likeness (QED) is 0.666. The lowest BCUT2D eigenvalue weighted by atomic mass is 10.0. The van der Waals surface area contributed by atoms with Gasteiger partial charge in [0.1, 0.15) is 0 Å². The minimum atomic E-state index is -0.114. The number of pyridine rings is 1. The molecule has 1 N–H and O–H groups in total. The van der Waals surface area contributed by atoms with Crippen molar-refractivity contribution in [1.82, 2.24) is 9.97 Å². The molecule has 2 aromatic heterocycles. The summed E-state index contributed by atoms with van der Waals surface area (Å²) in [6.07, 6.45) is 7.03. The molecule has 1 aromatic carbocycles. The number of amides is 1. The van der Waals surface area contributed by atoms with Gasteiger partial charge in [-0.3, -0.25) is 9.78 Å². The van der Waals surface area contributed by atoms with Crippen molar-refractivity contribution in [3.63, 3.8) is 0 Å². The molecule has 0 atom stereocenters. The normalized spacial score (nSPS) is 10.6. The van der Waals surface area contributed by atoms with Crippen LogP contribution in [0.15, 0.2) is 48.8 Å². The Balaban J connectivity index is 1.98. The van der Waals surface area contributed by atoms with Crippen LogP contribution in [0.25, 0.3) is 21.7 Å². The Morgan fingerprint density at radius 1 is 1.08 bits per heavy atom. The first-order chi connectivity index (χ1) is 12.2. The number of anilines is 1. The molecule has 3 rings (SSSR count). The van der Waals surface area contributed by atoms with Gasteiger partial charge in [0, 0.05) is 24.9 Å². The molecule has 0 saturated carbocycles. The van der Waals surface area contributed by atoms with Gasteiger partial charge in [0.15, 0.2) is 5.13 Å².